The first kappa shape index (κ1) is 10.4. The van der Waals surface area contributed by atoms with Crippen LogP contribution < -0.4 is 0 Å². The van der Waals surface area contributed by atoms with E-state index in [0.717, 1.165) is 12.8 Å². The van der Waals surface area contributed by atoms with Gasteiger partial charge in [0.05, 0.1) is 10.0 Å². The summed E-state index contributed by atoms with van der Waals surface area (Å²) in [7, 11) is -3.45. The van der Waals surface area contributed by atoms with Crippen LogP contribution in [0.1, 0.15) is 25.7 Å². The van der Waals surface area contributed by atoms with Crippen LogP contribution in [0.3, 0.4) is 0 Å². The molecular formula is C5H10CoNO2S-. The van der Waals surface area contributed by atoms with Crippen molar-refractivity contribution in [1.29, 1.82) is 0 Å². The minimum absolute atomic E-state index is 0. The Morgan fingerprint density at radius 1 is 1.20 bits per heavy atom. The zero-order valence-corrected chi connectivity index (χ0v) is 7.32. The van der Waals surface area contributed by atoms with Crippen LogP contribution in [0.25, 0.3) is 5.14 Å². The molecule has 0 unspecified atom stereocenters. The molecule has 0 aromatic carbocycles. The standard InChI is InChI=1S/C5H10NO2S.Co/c6-9(7,8)5-3-1-2-4-5;/h5H,1-4H2,(H-,6,7,8);/q-1;. The molecule has 0 aromatic heterocycles. The van der Waals surface area contributed by atoms with E-state index in [0.29, 0.717) is 12.8 Å². The zero-order valence-electron chi connectivity index (χ0n) is 5.46. The predicted octanol–water partition coefficient (Wildman–Crippen LogP) is 1.31. The first-order valence-corrected chi connectivity index (χ1v) is 4.64. The monoisotopic (exact) mass is 207 g/mol. The second-order valence-electron chi connectivity index (χ2n) is 2.45. The molecule has 1 saturated carbocycles. The fourth-order valence-corrected chi connectivity index (χ4v) is 2.15. The van der Waals surface area contributed by atoms with Crippen molar-refractivity contribution in [1.82, 2.24) is 0 Å². The zero-order chi connectivity index (χ0) is 6.91. The summed E-state index contributed by atoms with van der Waals surface area (Å²) in [5.74, 6) is 0. The van der Waals surface area contributed by atoms with E-state index >= 15 is 0 Å². The van der Waals surface area contributed by atoms with Crippen LogP contribution in [0.2, 0.25) is 0 Å². The van der Waals surface area contributed by atoms with Gasteiger partial charge in [0, 0.05) is 22.0 Å². The van der Waals surface area contributed by atoms with E-state index < -0.39 is 10.0 Å². The maximum absolute atomic E-state index is 10.5. The predicted molar refractivity (Wildman–Crippen MR) is 35.5 cm³/mol. The van der Waals surface area contributed by atoms with Crippen molar-refractivity contribution in [2.24, 2.45) is 0 Å². The van der Waals surface area contributed by atoms with Gasteiger partial charge in [-0.25, -0.2) is 8.42 Å². The normalized spacial score (nSPS) is 20.5. The topological polar surface area (TPSA) is 57.9 Å². The molecule has 0 bridgehead atoms. The second kappa shape index (κ2) is 3.71. The number of sulfonamides is 1. The van der Waals surface area contributed by atoms with Crippen LogP contribution in [-0.2, 0) is 26.8 Å². The first-order valence-electron chi connectivity index (χ1n) is 3.09. The number of hydrogen-bond donors (Lipinski definition) is 0. The SMILES string of the molecule is [Co].[NH-]S(=O)(=O)C1CCCC1. The first-order chi connectivity index (χ1) is 4.11. The molecule has 5 heteroatoms. The molecule has 0 heterocycles. The van der Waals surface area contributed by atoms with E-state index in [9.17, 15) is 8.42 Å². The van der Waals surface area contributed by atoms with Crippen molar-refractivity contribution in [2.45, 2.75) is 30.9 Å². The van der Waals surface area contributed by atoms with Crippen molar-refractivity contribution in [2.75, 3.05) is 0 Å². The molecule has 1 N–H and O–H groups in total. The van der Waals surface area contributed by atoms with E-state index in [-0.39, 0.29) is 22.0 Å². The summed E-state index contributed by atoms with van der Waals surface area (Å²) in [6.45, 7) is 0. The van der Waals surface area contributed by atoms with Gasteiger partial charge in [0.1, 0.15) is 0 Å². The van der Waals surface area contributed by atoms with Gasteiger partial charge in [-0.05, 0) is 12.8 Å². The number of hydrogen-bond acceptors (Lipinski definition) is 2. The minimum atomic E-state index is -3.45. The molecule has 1 aliphatic rings. The van der Waals surface area contributed by atoms with Crippen LogP contribution >= 0.6 is 0 Å². The fraction of sp³-hybridized carbons (Fsp3) is 1.00. The van der Waals surface area contributed by atoms with Crippen molar-refractivity contribution >= 4 is 10.0 Å². The Balaban J connectivity index is 0.000000810. The van der Waals surface area contributed by atoms with E-state index in [4.69, 9.17) is 5.14 Å². The maximum Gasteiger partial charge on any atom is 0.0728 e. The summed E-state index contributed by atoms with van der Waals surface area (Å²) in [6, 6.07) is 0. The summed E-state index contributed by atoms with van der Waals surface area (Å²) < 4.78 is 21.0. The molecule has 0 spiro atoms. The third-order valence-corrected chi connectivity index (χ3v) is 3.09. The Labute approximate surface area is 71.6 Å². The Bertz CT molecular complexity index is 184. The molecule has 1 radical (unpaired) electrons. The molecule has 0 aliphatic heterocycles. The quantitative estimate of drug-likeness (QED) is 0.650. The minimum Gasteiger partial charge on any atom is -0.564 e. The van der Waals surface area contributed by atoms with Crippen LogP contribution in [0.15, 0.2) is 0 Å². The Morgan fingerprint density at radius 2 is 1.60 bits per heavy atom. The molecule has 0 saturated heterocycles. The summed E-state index contributed by atoms with van der Waals surface area (Å²) in [5.41, 5.74) is 0. The Hall–Kier alpha value is 0.416. The molecule has 0 atom stereocenters. The molecule has 0 amide bonds. The molecule has 63 valence electrons. The fourth-order valence-electron chi connectivity index (χ4n) is 1.20. The summed E-state index contributed by atoms with van der Waals surface area (Å²) in [5, 5.41) is 6.35. The van der Waals surface area contributed by atoms with Crippen molar-refractivity contribution in [3.63, 3.8) is 0 Å². The number of nitrogens with one attached hydrogen (secondary N) is 1. The van der Waals surface area contributed by atoms with E-state index in [2.05, 4.69) is 0 Å². The van der Waals surface area contributed by atoms with Crippen LogP contribution in [-0.4, -0.2) is 13.7 Å². The molecule has 0 aromatic rings. The summed E-state index contributed by atoms with van der Waals surface area (Å²) in [4.78, 5) is 0. The van der Waals surface area contributed by atoms with Gasteiger partial charge in [0.15, 0.2) is 0 Å². The smallest absolute Gasteiger partial charge is 0.0728 e. The van der Waals surface area contributed by atoms with Crippen molar-refractivity contribution < 1.29 is 25.2 Å². The van der Waals surface area contributed by atoms with Crippen LogP contribution in [0.5, 0.6) is 0 Å². The summed E-state index contributed by atoms with van der Waals surface area (Å²) in [6.07, 6.45) is 3.35. The molecular weight excluding hydrogens is 197 g/mol. The average Bonchev–Trinajstić information content (AvgIpc) is 2.08. The molecule has 1 rings (SSSR count). The largest absolute Gasteiger partial charge is 0.564 e. The third kappa shape index (κ3) is 2.57. The average molecular weight is 207 g/mol. The Morgan fingerprint density at radius 3 is 1.80 bits per heavy atom. The molecule has 1 aliphatic carbocycles. The van der Waals surface area contributed by atoms with Gasteiger partial charge in [-0.15, -0.1) is 0 Å². The van der Waals surface area contributed by atoms with E-state index in [1.807, 2.05) is 0 Å². The van der Waals surface area contributed by atoms with Gasteiger partial charge in [-0.3, -0.25) is 0 Å². The van der Waals surface area contributed by atoms with Crippen LogP contribution in [0.4, 0.5) is 0 Å². The number of rotatable bonds is 1. The van der Waals surface area contributed by atoms with Gasteiger partial charge in [0.25, 0.3) is 0 Å². The van der Waals surface area contributed by atoms with Crippen molar-refractivity contribution in [3.05, 3.63) is 5.14 Å². The van der Waals surface area contributed by atoms with Gasteiger partial charge in [-0.2, -0.15) is 0 Å². The molecule has 1 fully saturated rings. The van der Waals surface area contributed by atoms with Crippen LogP contribution in [0, 0.1) is 0 Å². The maximum atomic E-state index is 10.5. The van der Waals surface area contributed by atoms with Gasteiger partial charge in [0.2, 0.25) is 0 Å². The van der Waals surface area contributed by atoms with Crippen molar-refractivity contribution in [3.8, 4) is 0 Å². The van der Waals surface area contributed by atoms with Gasteiger partial charge in [-0.1, -0.05) is 12.8 Å². The van der Waals surface area contributed by atoms with Gasteiger partial charge >= 0.3 is 0 Å². The van der Waals surface area contributed by atoms with Gasteiger partial charge < -0.3 is 5.14 Å². The second-order valence-corrected chi connectivity index (χ2v) is 4.21. The van der Waals surface area contributed by atoms with E-state index in [1.54, 1.807) is 0 Å². The molecule has 10 heavy (non-hydrogen) atoms. The van der Waals surface area contributed by atoms with E-state index in [1.165, 1.54) is 0 Å². The summed E-state index contributed by atoms with van der Waals surface area (Å²) >= 11 is 0. The molecule has 3 nitrogen and oxygen atoms in total. The third-order valence-electron chi connectivity index (χ3n) is 1.74. The Kier molecular flexibility index (Phi) is 3.86.